The van der Waals surface area contributed by atoms with Crippen LogP contribution >= 0.6 is 11.3 Å². The molecule has 0 amide bonds. The summed E-state index contributed by atoms with van der Waals surface area (Å²) in [6, 6.07) is 7.50. The van der Waals surface area contributed by atoms with Gasteiger partial charge >= 0.3 is 0 Å². The first-order valence-electron chi connectivity index (χ1n) is 9.04. The highest BCUT2D eigenvalue weighted by Gasteiger charge is 2.45. The molecule has 2 aliphatic rings. The van der Waals surface area contributed by atoms with Gasteiger partial charge in [-0.3, -0.25) is 0 Å². The molecule has 1 N–H and O–H groups in total. The van der Waals surface area contributed by atoms with Gasteiger partial charge in [0.2, 0.25) is 0 Å². The van der Waals surface area contributed by atoms with E-state index in [1.54, 1.807) is 17.4 Å². The number of para-hydroxylation sites is 1. The zero-order chi connectivity index (χ0) is 17.8. The fraction of sp³-hybridized carbons (Fsp3) is 0.409. The lowest BCUT2D eigenvalue weighted by molar-refractivity contribution is 0.217. The zero-order valence-electron chi connectivity index (χ0n) is 15.2. The molecule has 25 heavy (non-hydrogen) atoms. The highest BCUT2D eigenvalue weighted by molar-refractivity contribution is 7.16. The lowest BCUT2D eigenvalue weighted by atomic mass is 9.59. The Hall–Kier alpha value is -1.87. The second kappa shape index (κ2) is 5.84. The Balaban J connectivity index is 1.81. The second-order valence-corrected chi connectivity index (χ2v) is 8.93. The van der Waals surface area contributed by atoms with Gasteiger partial charge in [0.15, 0.2) is 0 Å². The van der Waals surface area contributed by atoms with Gasteiger partial charge in [0.05, 0.1) is 16.1 Å². The highest BCUT2D eigenvalue weighted by Crippen LogP contribution is 2.57. The number of aromatic nitrogens is 1. The number of allylic oxidation sites excluding steroid dienone is 3. The van der Waals surface area contributed by atoms with Gasteiger partial charge in [-0.2, -0.15) is 0 Å². The van der Waals surface area contributed by atoms with Gasteiger partial charge in [-0.15, -0.1) is 11.3 Å². The number of hydrogen-bond acceptors (Lipinski definition) is 3. The molecule has 1 heterocycles. The lowest BCUT2D eigenvalue weighted by Gasteiger charge is -2.46. The molecule has 2 nitrogen and oxygen atoms in total. The first-order chi connectivity index (χ1) is 11.9. The molecule has 4 rings (SSSR count). The first-order valence-corrected chi connectivity index (χ1v) is 9.86. The van der Waals surface area contributed by atoms with Crippen LogP contribution in [0.5, 0.6) is 5.75 Å². The van der Waals surface area contributed by atoms with E-state index in [2.05, 4.69) is 33.4 Å². The van der Waals surface area contributed by atoms with E-state index < -0.39 is 0 Å². The molecule has 2 aromatic rings. The van der Waals surface area contributed by atoms with Crippen LogP contribution in [-0.2, 0) is 6.42 Å². The average molecular weight is 352 g/mol. The van der Waals surface area contributed by atoms with Crippen LogP contribution in [0.3, 0.4) is 0 Å². The molecule has 0 aliphatic heterocycles. The van der Waals surface area contributed by atoms with Gasteiger partial charge in [0.25, 0.3) is 0 Å². The third-order valence-electron chi connectivity index (χ3n) is 6.25. The van der Waals surface area contributed by atoms with Gasteiger partial charge < -0.3 is 5.11 Å². The first kappa shape index (κ1) is 16.6. The SMILES string of the molecule is C=C(C)[C@@H]1CC=C2c3sc(-c4ccccc4O)nc3C[C@@H](C)[C@]2(C)C1. The van der Waals surface area contributed by atoms with Gasteiger partial charge in [-0.05, 0) is 61.1 Å². The summed E-state index contributed by atoms with van der Waals surface area (Å²) in [6.07, 6.45) is 5.70. The molecular weight excluding hydrogens is 326 g/mol. The fourth-order valence-electron chi connectivity index (χ4n) is 4.38. The lowest BCUT2D eigenvalue weighted by Crippen LogP contribution is -2.36. The van der Waals surface area contributed by atoms with Crippen LogP contribution in [0.2, 0.25) is 0 Å². The summed E-state index contributed by atoms with van der Waals surface area (Å²) in [4.78, 5) is 6.24. The van der Waals surface area contributed by atoms with E-state index in [9.17, 15) is 5.11 Å². The third-order valence-corrected chi connectivity index (χ3v) is 7.42. The van der Waals surface area contributed by atoms with Crippen molar-refractivity contribution in [3.8, 4) is 16.3 Å². The summed E-state index contributed by atoms with van der Waals surface area (Å²) in [7, 11) is 0. The summed E-state index contributed by atoms with van der Waals surface area (Å²) in [5.74, 6) is 1.46. The number of phenols is 1. The molecule has 0 unspecified atom stereocenters. The van der Waals surface area contributed by atoms with E-state index in [-0.39, 0.29) is 5.41 Å². The Bertz CT molecular complexity index is 878. The van der Waals surface area contributed by atoms with E-state index in [0.717, 1.165) is 23.4 Å². The van der Waals surface area contributed by atoms with Gasteiger partial charge in [0, 0.05) is 0 Å². The molecule has 1 aromatic carbocycles. The van der Waals surface area contributed by atoms with Crippen molar-refractivity contribution >= 4 is 16.9 Å². The summed E-state index contributed by atoms with van der Waals surface area (Å²) >= 11 is 1.74. The number of nitrogens with zero attached hydrogens (tertiary/aromatic N) is 1. The fourth-order valence-corrected chi connectivity index (χ4v) is 5.68. The smallest absolute Gasteiger partial charge is 0.127 e. The molecular formula is C22H25NOS. The molecule has 2 aliphatic carbocycles. The van der Waals surface area contributed by atoms with E-state index in [1.807, 2.05) is 18.2 Å². The Kier molecular flexibility index (Phi) is 3.88. The predicted molar refractivity (Wildman–Crippen MR) is 106 cm³/mol. The summed E-state index contributed by atoms with van der Waals surface area (Å²) in [5, 5.41) is 11.1. The van der Waals surface area contributed by atoms with Crippen molar-refractivity contribution in [3.05, 3.63) is 53.1 Å². The van der Waals surface area contributed by atoms with E-state index in [0.29, 0.717) is 17.6 Å². The van der Waals surface area contributed by atoms with Crippen molar-refractivity contribution in [3.63, 3.8) is 0 Å². The van der Waals surface area contributed by atoms with Crippen molar-refractivity contribution in [2.24, 2.45) is 17.3 Å². The standard InChI is InChI=1S/C22H25NOS/c1-13(2)15-9-10-17-20-18(11-14(3)22(17,4)12-15)23-21(25-20)16-7-5-6-8-19(16)24/h5-8,10,14-15,24H,1,9,11-12H2,2-4H3/t14-,15-,22+/m1/s1. The summed E-state index contributed by atoms with van der Waals surface area (Å²) < 4.78 is 0. The normalized spacial score (nSPS) is 28.0. The molecule has 0 bridgehead atoms. The van der Waals surface area contributed by atoms with Crippen LogP contribution in [0.25, 0.3) is 16.1 Å². The van der Waals surface area contributed by atoms with E-state index >= 15 is 0 Å². The number of phenolic OH excluding ortho intramolecular Hbond substituents is 1. The van der Waals surface area contributed by atoms with Gasteiger partial charge in [-0.25, -0.2) is 4.98 Å². The maximum Gasteiger partial charge on any atom is 0.127 e. The van der Waals surface area contributed by atoms with Gasteiger partial charge in [0.1, 0.15) is 10.8 Å². The Morgan fingerprint density at radius 2 is 2.12 bits per heavy atom. The molecule has 0 radical (unpaired) electrons. The quantitative estimate of drug-likeness (QED) is 0.665. The van der Waals surface area contributed by atoms with Crippen LogP contribution in [0, 0.1) is 17.3 Å². The molecule has 130 valence electrons. The molecule has 0 fully saturated rings. The number of thiazole rings is 1. The highest BCUT2D eigenvalue weighted by atomic mass is 32.1. The third kappa shape index (κ3) is 2.56. The number of rotatable bonds is 2. The minimum atomic E-state index is 0.192. The zero-order valence-corrected chi connectivity index (χ0v) is 16.0. The van der Waals surface area contributed by atoms with Crippen LogP contribution in [0.1, 0.15) is 44.2 Å². The Labute approximate surface area is 153 Å². The van der Waals surface area contributed by atoms with Crippen LogP contribution in [0.4, 0.5) is 0 Å². The number of fused-ring (bicyclic) bond motifs is 3. The minimum absolute atomic E-state index is 0.192. The van der Waals surface area contributed by atoms with Crippen molar-refractivity contribution in [1.29, 1.82) is 0 Å². The Morgan fingerprint density at radius 1 is 1.36 bits per heavy atom. The topological polar surface area (TPSA) is 33.1 Å². The van der Waals surface area contributed by atoms with E-state index in [1.165, 1.54) is 28.1 Å². The van der Waals surface area contributed by atoms with Crippen molar-refractivity contribution in [2.75, 3.05) is 0 Å². The monoisotopic (exact) mass is 351 g/mol. The van der Waals surface area contributed by atoms with Gasteiger partial charge in [-0.1, -0.05) is 44.2 Å². The number of hydrogen-bond donors (Lipinski definition) is 1. The second-order valence-electron chi connectivity index (χ2n) is 7.94. The molecule has 3 atom stereocenters. The van der Waals surface area contributed by atoms with Crippen LogP contribution in [-0.4, -0.2) is 10.1 Å². The van der Waals surface area contributed by atoms with Crippen molar-refractivity contribution in [2.45, 2.75) is 40.0 Å². The van der Waals surface area contributed by atoms with Crippen LogP contribution in [0.15, 0.2) is 42.5 Å². The van der Waals surface area contributed by atoms with Crippen LogP contribution < -0.4 is 0 Å². The van der Waals surface area contributed by atoms with E-state index in [4.69, 9.17) is 4.98 Å². The maximum absolute atomic E-state index is 10.2. The molecule has 0 saturated heterocycles. The molecule has 0 saturated carbocycles. The predicted octanol–water partition coefficient (Wildman–Crippen LogP) is 6.08. The molecule has 1 aromatic heterocycles. The van der Waals surface area contributed by atoms with Crippen molar-refractivity contribution < 1.29 is 5.11 Å². The number of benzene rings is 1. The largest absolute Gasteiger partial charge is 0.507 e. The molecule has 3 heteroatoms. The maximum atomic E-state index is 10.2. The summed E-state index contributed by atoms with van der Waals surface area (Å²) in [6.45, 7) is 11.1. The summed E-state index contributed by atoms with van der Waals surface area (Å²) in [5.41, 5.74) is 5.00. The number of aromatic hydroxyl groups is 1. The molecule has 0 spiro atoms. The van der Waals surface area contributed by atoms with Crippen molar-refractivity contribution in [1.82, 2.24) is 4.98 Å². The minimum Gasteiger partial charge on any atom is -0.507 e. The Morgan fingerprint density at radius 3 is 2.84 bits per heavy atom. The average Bonchev–Trinajstić information content (AvgIpc) is 2.98.